The number of hydrogen-bond acceptors (Lipinski definition) is 2. The lowest BCUT2D eigenvalue weighted by atomic mass is 9.79. The molecule has 2 N–H and O–H groups in total. The maximum Gasteiger partial charge on any atom is 0.0991 e. The number of benzene rings is 2. The van der Waals surface area contributed by atoms with Crippen molar-refractivity contribution >= 4 is 34.1 Å². The van der Waals surface area contributed by atoms with Crippen molar-refractivity contribution in [2.24, 2.45) is 0 Å². The molecule has 1 aromatic heterocycles. The molecule has 3 nitrogen and oxygen atoms in total. The van der Waals surface area contributed by atoms with Crippen LogP contribution in [-0.2, 0) is 12.0 Å². The van der Waals surface area contributed by atoms with E-state index in [1.54, 1.807) is 0 Å². The zero-order chi connectivity index (χ0) is 17.4. The molecule has 4 rings (SSSR count). The van der Waals surface area contributed by atoms with Crippen LogP contribution in [0.5, 0.6) is 0 Å². The molecule has 5 heteroatoms. The van der Waals surface area contributed by atoms with Crippen molar-refractivity contribution in [2.75, 3.05) is 12.4 Å². The third kappa shape index (κ3) is 2.62. The van der Waals surface area contributed by atoms with Crippen molar-refractivity contribution in [3.63, 3.8) is 0 Å². The van der Waals surface area contributed by atoms with Crippen LogP contribution in [0.1, 0.15) is 28.8 Å². The summed E-state index contributed by atoms with van der Waals surface area (Å²) in [6.45, 7) is 0.864. The van der Waals surface area contributed by atoms with E-state index in [1.165, 1.54) is 10.9 Å². The smallest absolute Gasteiger partial charge is 0.0991 e. The van der Waals surface area contributed by atoms with Crippen LogP contribution in [0.4, 0.5) is 0 Å². The number of fused-ring (bicyclic) bond motifs is 3. The molecule has 3 aromatic rings. The van der Waals surface area contributed by atoms with Crippen LogP contribution in [0.25, 0.3) is 10.9 Å². The Kier molecular flexibility index (Phi) is 4.21. The summed E-state index contributed by atoms with van der Waals surface area (Å²) in [6, 6.07) is 15.9. The van der Waals surface area contributed by atoms with E-state index in [-0.39, 0.29) is 5.54 Å². The van der Waals surface area contributed by atoms with Crippen LogP contribution in [0.2, 0.25) is 5.02 Å². The number of nitrogens with zero attached hydrogens (tertiary/aromatic N) is 1. The zero-order valence-electron chi connectivity index (χ0n) is 13.6. The van der Waals surface area contributed by atoms with Crippen molar-refractivity contribution in [1.82, 2.24) is 10.3 Å². The Balaban J connectivity index is 1.95. The predicted octanol–water partition coefficient (Wildman–Crippen LogP) is 4.71. The number of aromatic nitrogens is 1. The Morgan fingerprint density at radius 1 is 1.16 bits per heavy atom. The molecular formula is C20H17Cl2N3. The van der Waals surface area contributed by atoms with Gasteiger partial charge in [-0.1, -0.05) is 23.7 Å². The molecule has 1 aliphatic rings. The highest BCUT2D eigenvalue weighted by atomic mass is 35.5. The lowest BCUT2D eigenvalue weighted by molar-refractivity contribution is 0.362. The number of aromatic amines is 1. The molecule has 0 bridgehead atoms. The van der Waals surface area contributed by atoms with Crippen LogP contribution in [0.3, 0.4) is 0 Å². The van der Waals surface area contributed by atoms with Crippen LogP contribution >= 0.6 is 23.2 Å². The van der Waals surface area contributed by atoms with E-state index in [2.05, 4.69) is 16.4 Å². The fourth-order valence-corrected chi connectivity index (χ4v) is 4.36. The molecule has 0 saturated heterocycles. The number of nitriles is 1. The maximum atomic E-state index is 9.08. The minimum absolute atomic E-state index is 0.380. The Hall–Kier alpha value is -1.99. The quantitative estimate of drug-likeness (QED) is 0.656. The first-order valence-electron chi connectivity index (χ1n) is 8.30. The highest BCUT2D eigenvalue weighted by Crippen LogP contribution is 2.41. The van der Waals surface area contributed by atoms with Crippen LogP contribution in [0.15, 0.2) is 42.5 Å². The van der Waals surface area contributed by atoms with E-state index in [0.29, 0.717) is 11.4 Å². The Bertz CT molecular complexity index is 969. The molecule has 0 aliphatic carbocycles. The van der Waals surface area contributed by atoms with Gasteiger partial charge in [-0.25, -0.2) is 0 Å². The van der Waals surface area contributed by atoms with Crippen LogP contribution in [-0.4, -0.2) is 17.4 Å². The topological polar surface area (TPSA) is 51.6 Å². The molecule has 0 amide bonds. The Morgan fingerprint density at radius 3 is 2.68 bits per heavy atom. The van der Waals surface area contributed by atoms with Crippen molar-refractivity contribution in [1.29, 1.82) is 5.26 Å². The van der Waals surface area contributed by atoms with E-state index in [0.717, 1.165) is 41.2 Å². The molecule has 0 radical (unpaired) electrons. The van der Waals surface area contributed by atoms with E-state index >= 15 is 0 Å². The standard InChI is InChI=1S/C20H17Cl2N3/c21-9-8-20(14-3-1-13(12-23)2-4-14)19-16(7-10-24-20)17-11-15(22)5-6-18(17)25-19/h1-6,11,24-25H,7-10H2. The summed E-state index contributed by atoms with van der Waals surface area (Å²) in [7, 11) is 0. The van der Waals surface area contributed by atoms with Crippen molar-refractivity contribution in [3.8, 4) is 6.07 Å². The number of H-pyrrole nitrogens is 1. The lowest BCUT2D eigenvalue weighted by Gasteiger charge is -2.39. The summed E-state index contributed by atoms with van der Waals surface area (Å²) in [5, 5.41) is 14.7. The van der Waals surface area contributed by atoms with Gasteiger partial charge in [0, 0.05) is 34.0 Å². The Labute approximate surface area is 156 Å². The number of hydrogen-bond donors (Lipinski definition) is 2. The number of alkyl halides is 1. The van der Waals surface area contributed by atoms with Gasteiger partial charge in [0.15, 0.2) is 0 Å². The average molecular weight is 370 g/mol. The summed E-state index contributed by atoms with van der Waals surface area (Å²) in [4.78, 5) is 3.60. The fourth-order valence-electron chi connectivity index (χ4n) is 3.91. The highest BCUT2D eigenvalue weighted by Gasteiger charge is 2.39. The Morgan fingerprint density at radius 2 is 1.96 bits per heavy atom. The third-order valence-corrected chi connectivity index (χ3v) is 5.50. The largest absolute Gasteiger partial charge is 0.356 e. The molecule has 0 saturated carbocycles. The predicted molar refractivity (Wildman–Crippen MR) is 102 cm³/mol. The van der Waals surface area contributed by atoms with Gasteiger partial charge in [-0.15, -0.1) is 11.6 Å². The van der Waals surface area contributed by atoms with E-state index in [9.17, 15) is 0 Å². The molecule has 0 spiro atoms. The normalized spacial score (nSPS) is 19.6. The first-order valence-corrected chi connectivity index (χ1v) is 9.21. The van der Waals surface area contributed by atoms with Crippen LogP contribution < -0.4 is 5.32 Å². The average Bonchev–Trinajstić information content (AvgIpc) is 3.01. The first-order chi connectivity index (χ1) is 12.2. The minimum atomic E-state index is -0.380. The van der Waals surface area contributed by atoms with Crippen molar-refractivity contribution < 1.29 is 0 Å². The van der Waals surface area contributed by atoms with Crippen LogP contribution in [0, 0.1) is 11.3 Å². The van der Waals surface area contributed by atoms with E-state index < -0.39 is 0 Å². The minimum Gasteiger partial charge on any atom is -0.356 e. The molecule has 2 aromatic carbocycles. The fraction of sp³-hybridized carbons (Fsp3) is 0.250. The molecular weight excluding hydrogens is 353 g/mol. The van der Waals surface area contributed by atoms with Gasteiger partial charge >= 0.3 is 0 Å². The van der Waals surface area contributed by atoms with Gasteiger partial charge < -0.3 is 10.3 Å². The number of halogens is 2. The van der Waals surface area contributed by atoms with E-state index in [1.807, 2.05) is 42.5 Å². The van der Waals surface area contributed by atoms with Gasteiger partial charge in [-0.3, -0.25) is 0 Å². The van der Waals surface area contributed by atoms with Gasteiger partial charge in [-0.05, 0) is 54.3 Å². The summed E-state index contributed by atoms with van der Waals surface area (Å²) < 4.78 is 0. The van der Waals surface area contributed by atoms with Gasteiger partial charge in [0.05, 0.1) is 17.2 Å². The SMILES string of the molecule is N#Cc1ccc(C2(CCCl)NCCc3c2[nH]c2ccc(Cl)cc32)cc1. The maximum absolute atomic E-state index is 9.08. The highest BCUT2D eigenvalue weighted by molar-refractivity contribution is 6.31. The molecule has 1 aliphatic heterocycles. The van der Waals surface area contributed by atoms with Gasteiger partial charge in [0.25, 0.3) is 0 Å². The molecule has 1 unspecified atom stereocenters. The molecule has 2 heterocycles. The first kappa shape index (κ1) is 16.5. The number of rotatable bonds is 3. The lowest BCUT2D eigenvalue weighted by Crippen LogP contribution is -2.48. The van der Waals surface area contributed by atoms with Gasteiger partial charge in [0.2, 0.25) is 0 Å². The second kappa shape index (κ2) is 6.38. The molecule has 0 fully saturated rings. The van der Waals surface area contributed by atoms with Gasteiger partial charge in [0.1, 0.15) is 0 Å². The van der Waals surface area contributed by atoms with E-state index in [4.69, 9.17) is 28.5 Å². The molecule has 126 valence electrons. The van der Waals surface area contributed by atoms with Gasteiger partial charge in [-0.2, -0.15) is 5.26 Å². The molecule has 1 atom stereocenters. The third-order valence-electron chi connectivity index (χ3n) is 5.07. The number of nitrogens with one attached hydrogen (secondary N) is 2. The second-order valence-electron chi connectivity index (χ2n) is 6.38. The monoisotopic (exact) mass is 369 g/mol. The van der Waals surface area contributed by atoms with Crippen molar-refractivity contribution in [2.45, 2.75) is 18.4 Å². The second-order valence-corrected chi connectivity index (χ2v) is 7.19. The molecule has 25 heavy (non-hydrogen) atoms. The summed E-state index contributed by atoms with van der Waals surface area (Å²) >= 11 is 12.4. The van der Waals surface area contributed by atoms with Crippen molar-refractivity contribution in [3.05, 3.63) is 69.9 Å². The zero-order valence-corrected chi connectivity index (χ0v) is 15.1. The summed E-state index contributed by atoms with van der Waals surface area (Å²) in [5.41, 5.74) is 4.93. The summed E-state index contributed by atoms with van der Waals surface area (Å²) in [5.74, 6) is 0.530. The summed E-state index contributed by atoms with van der Waals surface area (Å²) in [6.07, 6.45) is 1.70.